The quantitative estimate of drug-likeness (QED) is 0.236. The Morgan fingerprint density at radius 3 is 2.21 bits per heavy atom. The van der Waals surface area contributed by atoms with Gasteiger partial charge in [-0.1, -0.05) is 66.2 Å². The van der Waals surface area contributed by atoms with E-state index >= 15 is 0 Å². The van der Waals surface area contributed by atoms with Crippen LogP contribution in [0.25, 0.3) is 11.1 Å². The Morgan fingerprint density at radius 1 is 0.853 bits per heavy atom. The van der Waals surface area contributed by atoms with Crippen molar-refractivity contribution < 1.29 is 24.6 Å². The van der Waals surface area contributed by atoms with E-state index in [1.807, 2.05) is 42.5 Å². The summed E-state index contributed by atoms with van der Waals surface area (Å²) in [6.07, 6.45) is -1.75. The van der Waals surface area contributed by atoms with E-state index in [9.17, 15) is 19.5 Å². The van der Waals surface area contributed by atoms with Gasteiger partial charge in [-0.25, -0.2) is 4.79 Å². The molecule has 0 saturated heterocycles. The predicted octanol–water partition coefficient (Wildman–Crippen LogP) is 3.01. The third-order valence-electron chi connectivity index (χ3n) is 5.02. The minimum absolute atomic E-state index is 0.214. The van der Waals surface area contributed by atoms with Crippen LogP contribution in [0.3, 0.4) is 0 Å². The lowest BCUT2D eigenvalue weighted by molar-refractivity contribution is -0.147. The zero-order valence-corrected chi connectivity index (χ0v) is 18.8. The number of aliphatic hydroxyl groups is 1. The average Bonchev–Trinajstić information content (AvgIpc) is 2.83. The molecule has 2 amide bonds. The summed E-state index contributed by atoms with van der Waals surface area (Å²) in [6, 6.07) is 22.8. The predicted molar refractivity (Wildman–Crippen MR) is 129 cm³/mol. The molecule has 0 aliphatic rings. The highest BCUT2D eigenvalue weighted by Crippen LogP contribution is 2.23. The first-order valence-corrected chi connectivity index (χ1v) is 10.9. The summed E-state index contributed by atoms with van der Waals surface area (Å²) in [4.78, 5) is 35.7. The number of nitrogens with one attached hydrogen (secondary N) is 3. The number of anilines is 1. The maximum Gasteiger partial charge on any atom is 0.332 e. The molecule has 0 aliphatic heterocycles. The van der Waals surface area contributed by atoms with Crippen molar-refractivity contribution in [1.82, 2.24) is 10.7 Å². The Hall–Kier alpha value is -3.88. The Balaban J connectivity index is 1.65. The fourth-order valence-electron chi connectivity index (χ4n) is 3.31. The number of hydrazine groups is 1. The van der Waals surface area contributed by atoms with Gasteiger partial charge in [0.25, 0.3) is 0 Å². The van der Waals surface area contributed by atoms with Crippen molar-refractivity contribution in [2.24, 2.45) is 0 Å². The highest BCUT2D eigenvalue weighted by molar-refractivity contribution is 6.35. The molecule has 34 heavy (non-hydrogen) atoms. The Morgan fingerprint density at radius 2 is 1.56 bits per heavy atom. The van der Waals surface area contributed by atoms with Gasteiger partial charge in [-0.05, 0) is 47.4 Å². The molecule has 0 spiro atoms. The summed E-state index contributed by atoms with van der Waals surface area (Å²) < 4.78 is 0. The summed E-state index contributed by atoms with van der Waals surface area (Å²) in [7, 11) is 0. The number of para-hydroxylation sites is 1. The molecule has 2 atom stereocenters. The van der Waals surface area contributed by atoms with E-state index in [-0.39, 0.29) is 12.8 Å². The van der Waals surface area contributed by atoms with Crippen molar-refractivity contribution in [3.63, 3.8) is 0 Å². The summed E-state index contributed by atoms with van der Waals surface area (Å²) in [5.41, 5.74) is 8.15. The van der Waals surface area contributed by atoms with Crippen molar-refractivity contribution in [3.8, 4) is 11.1 Å². The van der Waals surface area contributed by atoms with Crippen LogP contribution in [-0.4, -0.2) is 40.1 Å². The van der Waals surface area contributed by atoms with Crippen molar-refractivity contribution in [3.05, 3.63) is 89.4 Å². The van der Waals surface area contributed by atoms with Gasteiger partial charge >= 0.3 is 17.8 Å². The number of amides is 2. The van der Waals surface area contributed by atoms with Gasteiger partial charge in [0.2, 0.25) is 0 Å². The lowest BCUT2D eigenvalue weighted by atomic mass is 9.98. The van der Waals surface area contributed by atoms with Gasteiger partial charge in [0, 0.05) is 17.5 Å². The number of carbonyl (C=O) groups excluding carboxylic acids is 2. The highest BCUT2D eigenvalue weighted by Gasteiger charge is 2.24. The van der Waals surface area contributed by atoms with Crippen LogP contribution in [0.2, 0.25) is 5.02 Å². The Labute approximate surface area is 201 Å². The standard InChI is InChI=1S/C25H24ClN3O5/c26-19-6-4-5-18(14-19)17-11-9-16(10-12-17)13-21(15-22(30)25(33)34)27-23(31)24(32)29-28-20-7-2-1-3-8-20/h1-12,14,21-22,28,30H,13,15H2,(H,27,31)(H,29,32)(H,33,34)/t21-,22-/m1/s1. The molecule has 0 radical (unpaired) electrons. The zero-order valence-electron chi connectivity index (χ0n) is 18.1. The van der Waals surface area contributed by atoms with Gasteiger partial charge in [0.15, 0.2) is 6.10 Å². The van der Waals surface area contributed by atoms with E-state index in [0.29, 0.717) is 10.7 Å². The van der Waals surface area contributed by atoms with Crippen LogP contribution >= 0.6 is 11.6 Å². The maximum absolute atomic E-state index is 12.4. The Kier molecular flexibility index (Phi) is 8.61. The number of halogens is 1. The maximum atomic E-state index is 12.4. The third-order valence-corrected chi connectivity index (χ3v) is 5.26. The van der Waals surface area contributed by atoms with Crippen LogP contribution in [0.1, 0.15) is 12.0 Å². The third kappa shape index (κ3) is 7.33. The van der Waals surface area contributed by atoms with Crippen LogP contribution in [0.5, 0.6) is 0 Å². The van der Waals surface area contributed by atoms with Gasteiger partial charge in [-0.2, -0.15) is 0 Å². The molecule has 0 heterocycles. The molecule has 176 valence electrons. The zero-order chi connectivity index (χ0) is 24.5. The van der Waals surface area contributed by atoms with Crippen molar-refractivity contribution >= 4 is 35.1 Å². The summed E-state index contributed by atoms with van der Waals surface area (Å²) in [5, 5.41) is 22.0. The number of carbonyl (C=O) groups is 3. The molecule has 0 fully saturated rings. The number of hydrogen-bond donors (Lipinski definition) is 5. The van der Waals surface area contributed by atoms with Crippen LogP contribution in [0.15, 0.2) is 78.9 Å². The molecular formula is C25H24ClN3O5. The second-order valence-electron chi connectivity index (χ2n) is 7.62. The summed E-state index contributed by atoms with van der Waals surface area (Å²) >= 11 is 6.05. The van der Waals surface area contributed by atoms with E-state index in [0.717, 1.165) is 16.7 Å². The number of rotatable bonds is 9. The van der Waals surface area contributed by atoms with Crippen molar-refractivity contribution in [2.45, 2.75) is 25.0 Å². The van der Waals surface area contributed by atoms with Gasteiger partial charge in [0.1, 0.15) is 0 Å². The van der Waals surface area contributed by atoms with Crippen molar-refractivity contribution in [2.75, 3.05) is 5.43 Å². The number of carboxylic acid groups (broad SMARTS) is 1. The molecule has 5 N–H and O–H groups in total. The minimum Gasteiger partial charge on any atom is -0.479 e. The molecule has 8 nitrogen and oxygen atoms in total. The van der Waals surface area contributed by atoms with Crippen LogP contribution in [0.4, 0.5) is 5.69 Å². The SMILES string of the molecule is O=C(NNc1ccccc1)C(=O)N[C@H](Cc1ccc(-c2cccc(Cl)c2)cc1)C[C@@H](O)C(=O)O. The fourth-order valence-corrected chi connectivity index (χ4v) is 3.50. The first-order chi connectivity index (χ1) is 16.3. The van der Waals surface area contributed by atoms with E-state index in [1.54, 1.807) is 36.4 Å². The molecule has 0 bridgehead atoms. The second-order valence-corrected chi connectivity index (χ2v) is 8.05. The number of hydrogen-bond acceptors (Lipinski definition) is 5. The van der Waals surface area contributed by atoms with Gasteiger partial charge in [0.05, 0.1) is 5.69 Å². The summed E-state index contributed by atoms with van der Waals surface area (Å²) in [6.45, 7) is 0. The highest BCUT2D eigenvalue weighted by atomic mass is 35.5. The summed E-state index contributed by atoms with van der Waals surface area (Å²) in [5.74, 6) is -3.32. The molecule has 0 aliphatic carbocycles. The first-order valence-electron chi connectivity index (χ1n) is 10.5. The van der Waals surface area contributed by atoms with E-state index < -0.39 is 29.9 Å². The Bertz CT molecular complexity index is 1140. The molecule has 0 aromatic heterocycles. The van der Waals surface area contributed by atoms with Gasteiger partial charge in [-0.3, -0.25) is 20.4 Å². The number of carboxylic acids is 1. The molecule has 3 rings (SSSR count). The van der Waals surface area contributed by atoms with E-state index in [4.69, 9.17) is 16.7 Å². The number of benzene rings is 3. The number of aliphatic hydroxyl groups excluding tert-OH is 1. The topological polar surface area (TPSA) is 128 Å². The van der Waals surface area contributed by atoms with E-state index in [2.05, 4.69) is 16.2 Å². The van der Waals surface area contributed by atoms with E-state index in [1.165, 1.54) is 0 Å². The number of aliphatic carboxylic acids is 1. The van der Waals surface area contributed by atoms with Gasteiger partial charge < -0.3 is 15.5 Å². The smallest absolute Gasteiger partial charge is 0.332 e. The van der Waals surface area contributed by atoms with Gasteiger partial charge in [-0.15, -0.1) is 0 Å². The lowest BCUT2D eigenvalue weighted by Gasteiger charge is -2.20. The fraction of sp³-hybridized carbons (Fsp3) is 0.160. The monoisotopic (exact) mass is 481 g/mol. The first kappa shape index (κ1) is 24.8. The molecule has 3 aromatic rings. The lowest BCUT2D eigenvalue weighted by Crippen LogP contribution is -2.48. The molecule has 0 unspecified atom stereocenters. The van der Waals surface area contributed by atoms with Crippen molar-refractivity contribution in [1.29, 1.82) is 0 Å². The van der Waals surface area contributed by atoms with Crippen LogP contribution < -0.4 is 16.2 Å². The average molecular weight is 482 g/mol. The molecule has 3 aromatic carbocycles. The van der Waals surface area contributed by atoms with Crippen LogP contribution in [-0.2, 0) is 20.8 Å². The normalized spacial score (nSPS) is 12.3. The molecular weight excluding hydrogens is 458 g/mol. The van der Waals surface area contributed by atoms with Crippen LogP contribution in [0, 0.1) is 0 Å². The molecule has 9 heteroatoms. The molecule has 0 saturated carbocycles. The largest absolute Gasteiger partial charge is 0.479 e. The minimum atomic E-state index is -1.69. The second kappa shape index (κ2) is 11.8.